The zero-order valence-corrected chi connectivity index (χ0v) is 19.1. The van der Waals surface area contributed by atoms with Gasteiger partial charge in [-0.25, -0.2) is 4.98 Å². The second-order valence-corrected chi connectivity index (χ2v) is 7.79. The van der Waals surface area contributed by atoms with Crippen LogP contribution in [0.5, 0.6) is 17.2 Å². The fraction of sp³-hybridized carbons (Fsp3) is 0.185. The second kappa shape index (κ2) is 9.61. The third-order valence-corrected chi connectivity index (χ3v) is 5.12. The van der Waals surface area contributed by atoms with Crippen LogP contribution in [0.15, 0.2) is 72.8 Å². The van der Waals surface area contributed by atoms with Crippen LogP contribution in [-0.2, 0) is 0 Å². The number of methoxy groups -OCH3 is 2. The van der Waals surface area contributed by atoms with Gasteiger partial charge in [0, 0.05) is 17.0 Å². The maximum Gasteiger partial charge on any atom is 0.256 e. The summed E-state index contributed by atoms with van der Waals surface area (Å²) in [6.45, 7) is 3.96. The van der Waals surface area contributed by atoms with Gasteiger partial charge in [0.1, 0.15) is 17.2 Å². The third-order valence-electron chi connectivity index (χ3n) is 5.12. The van der Waals surface area contributed by atoms with Gasteiger partial charge in [-0.15, -0.1) is 0 Å². The van der Waals surface area contributed by atoms with Crippen molar-refractivity contribution in [2.24, 2.45) is 0 Å². The van der Waals surface area contributed by atoms with E-state index in [1.165, 1.54) is 0 Å². The molecule has 0 aliphatic carbocycles. The van der Waals surface area contributed by atoms with Gasteiger partial charge in [-0.05, 0) is 50.2 Å². The molecule has 0 radical (unpaired) electrons. The van der Waals surface area contributed by atoms with Crippen LogP contribution in [0, 0.1) is 0 Å². The van der Waals surface area contributed by atoms with E-state index in [4.69, 9.17) is 19.2 Å². The van der Waals surface area contributed by atoms with Crippen molar-refractivity contribution >= 4 is 22.5 Å². The highest BCUT2D eigenvalue weighted by Crippen LogP contribution is 2.31. The molecule has 0 saturated carbocycles. The highest BCUT2D eigenvalue weighted by atomic mass is 16.5. The van der Waals surface area contributed by atoms with Crippen LogP contribution in [0.4, 0.5) is 5.69 Å². The van der Waals surface area contributed by atoms with Crippen LogP contribution < -0.4 is 19.5 Å². The smallest absolute Gasteiger partial charge is 0.256 e. The number of ether oxygens (including phenoxy) is 3. The van der Waals surface area contributed by atoms with Crippen molar-refractivity contribution in [3.63, 3.8) is 0 Å². The number of rotatable bonds is 7. The maximum absolute atomic E-state index is 13.4. The molecule has 0 saturated heterocycles. The molecular weight excluding hydrogens is 416 g/mol. The molecule has 1 amide bonds. The van der Waals surface area contributed by atoms with E-state index < -0.39 is 0 Å². The summed E-state index contributed by atoms with van der Waals surface area (Å²) in [7, 11) is 3.14. The number of nitrogens with zero attached hydrogens (tertiary/aromatic N) is 1. The molecule has 0 aliphatic heterocycles. The molecule has 0 fully saturated rings. The van der Waals surface area contributed by atoms with Crippen molar-refractivity contribution in [3.05, 3.63) is 78.4 Å². The number of carbonyl (C=O) groups excluding carboxylic acids is 1. The van der Waals surface area contributed by atoms with Gasteiger partial charge in [0.05, 0.1) is 42.8 Å². The van der Waals surface area contributed by atoms with E-state index in [0.717, 1.165) is 22.2 Å². The van der Waals surface area contributed by atoms with Crippen LogP contribution in [0.3, 0.4) is 0 Å². The number of carbonyl (C=O) groups is 1. The average Bonchev–Trinajstić information content (AvgIpc) is 2.83. The highest BCUT2D eigenvalue weighted by molar-refractivity contribution is 6.13. The Labute approximate surface area is 193 Å². The van der Waals surface area contributed by atoms with E-state index in [0.29, 0.717) is 28.4 Å². The fourth-order valence-electron chi connectivity index (χ4n) is 3.61. The minimum atomic E-state index is -0.268. The Balaban J connectivity index is 1.78. The molecule has 0 bridgehead atoms. The van der Waals surface area contributed by atoms with Crippen molar-refractivity contribution in [1.29, 1.82) is 0 Å². The number of fused-ring (bicyclic) bond motifs is 1. The van der Waals surface area contributed by atoms with E-state index >= 15 is 0 Å². The summed E-state index contributed by atoms with van der Waals surface area (Å²) >= 11 is 0. The standard InChI is InChI=1S/C27H26N2O4/c1-17(2)33-20-9-7-8-18(14-20)24-16-22(21-10-5-6-11-23(21)28-24)27(30)29-25-15-19(31-3)12-13-26(25)32-4/h5-17H,1-4H3,(H,29,30). The summed E-state index contributed by atoms with van der Waals surface area (Å²) in [6, 6.07) is 22.4. The number of anilines is 1. The van der Waals surface area contributed by atoms with Crippen LogP contribution in [0.2, 0.25) is 0 Å². The number of hydrogen-bond donors (Lipinski definition) is 1. The Morgan fingerprint density at radius 3 is 2.45 bits per heavy atom. The largest absolute Gasteiger partial charge is 0.497 e. The monoisotopic (exact) mass is 442 g/mol. The SMILES string of the molecule is COc1ccc(OC)c(NC(=O)c2cc(-c3cccc(OC(C)C)c3)nc3ccccc23)c1. The third kappa shape index (κ3) is 4.90. The first-order valence-electron chi connectivity index (χ1n) is 10.7. The molecular formula is C27H26N2O4. The van der Waals surface area contributed by atoms with Gasteiger partial charge in [0.25, 0.3) is 5.91 Å². The van der Waals surface area contributed by atoms with Crippen molar-refractivity contribution in [2.45, 2.75) is 20.0 Å². The van der Waals surface area contributed by atoms with Crippen LogP contribution in [-0.4, -0.2) is 31.2 Å². The summed E-state index contributed by atoms with van der Waals surface area (Å²) in [5, 5.41) is 3.72. The molecule has 0 atom stereocenters. The predicted octanol–water partition coefficient (Wildman–Crippen LogP) is 5.96. The van der Waals surface area contributed by atoms with E-state index in [2.05, 4.69) is 5.32 Å². The van der Waals surface area contributed by atoms with Gasteiger partial charge in [-0.2, -0.15) is 0 Å². The number of para-hydroxylation sites is 1. The first-order valence-corrected chi connectivity index (χ1v) is 10.7. The number of amides is 1. The van der Waals surface area contributed by atoms with Crippen molar-refractivity contribution < 1.29 is 19.0 Å². The molecule has 3 aromatic carbocycles. The molecule has 0 unspecified atom stereocenters. The molecule has 4 aromatic rings. The van der Waals surface area contributed by atoms with Crippen molar-refractivity contribution in [1.82, 2.24) is 4.98 Å². The molecule has 6 heteroatoms. The molecule has 1 heterocycles. The fourth-order valence-corrected chi connectivity index (χ4v) is 3.61. The number of benzene rings is 3. The lowest BCUT2D eigenvalue weighted by molar-refractivity contribution is 0.102. The van der Waals surface area contributed by atoms with Crippen LogP contribution >= 0.6 is 0 Å². The Morgan fingerprint density at radius 2 is 1.70 bits per heavy atom. The summed E-state index contributed by atoms with van der Waals surface area (Å²) in [5.41, 5.74) is 3.32. The molecule has 6 nitrogen and oxygen atoms in total. The first kappa shape index (κ1) is 22.1. The normalized spacial score (nSPS) is 10.8. The number of hydrogen-bond acceptors (Lipinski definition) is 5. The maximum atomic E-state index is 13.4. The molecule has 4 rings (SSSR count). The van der Waals surface area contributed by atoms with Crippen molar-refractivity contribution in [2.75, 3.05) is 19.5 Å². The molecule has 0 spiro atoms. The first-order chi connectivity index (χ1) is 16.0. The molecule has 1 N–H and O–H groups in total. The molecule has 33 heavy (non-hydrogen) atoms. The van der Waals surface area contributed by atoms with E-state index in [1.54, 1.807) is 38.5 Å². The lowest BCUT2D eigenvalue weighted by Gasteiger charge is -2.14. The predicted molar refractivity (Wildman–Crippen MR) is 130 cm³/mol. The lowest BCUT2D eigenvalue weighted by Crippen LogP contribution is -2.14. The van der Waals surface area contributed by atoms with Gasteiger partial charge in [-0.3, -0.25) is 4.79 Å². The highest BCUT2D eigenvalue weighted by Gasteiger charge is 2.17. The lowest BCUT2D eigenvalue weighted by atomic mass is 10.0. The average molecular weight is 443 g/mol. The van der Waals surface area contributed by atoms with Gasteiger partial charge >= 0.3 is 0 Å². The van der Waals surface area contributed by atoms with Crippen molar-refractivity contribution in [3.8, 4) is 28.5 Å². The summed E-state index contributed by atoms with van der Waals surface area (Å²) in [4.78, 5) is 18.2. The quantitative estimate of drug-likeness (QED) is 0.382. The van der Waals surface area contributed by atoms with E-state index in [9.17, 15) is 4.79 Å². The number of aromatic nitrogens is 1. The Kier molecular flexibility index (Phi) is 6.45. The molecule has 1 aromatic heterocycles. The Bertz CT molecular complexity index is 1300. The van der Waals surface area contributed by atoms with Gasteiger partial charge in [0.2, 0.25) is 0 Å². The van der Waals surface area contributed by atoms with Crippen LogP contribution in [0.1, 0.15) is 24.2 Å². The summed E-state index contributed by atoms with van der Waals surface area (Å²) in [6.07, 6.45) is 0.0593. The minimum absolute atomic E-state index is 0.0593. The topological polar surface area (TPSA) is 69.7 Å². The van der Waals surface area contributed by atoms with Gasteiger partial charge in [0.15, 0.2) is 0 Å². The number of nitrogens with one attached hydrogen (secondary N) is 1. The van der Waals surface area contributed by atoms with E-state index in [-0.39, 0.29) is 12.0 Å². The number of pyridine rings is 1. The van der Waals surface area contributed by atoms with Crippen LogP contribution in [0.25, 0.3) is 22.2 Å². The van der Waals surface area contributed by atoms with E-state index in [1.807, 2.05) is 62.4 Å². The molecule has 168 valence electrons. The minimum Gasteiger partial charge on any atom is -0.497 e. The van der Waals surface area contributed by atoms with Gasteiger partial charge < -0.3 is 19.5 Å². The second-order valence-electron chi connectivity index (χ2n) is 7.79. The Morgan fingerprint density at radius 1 is 0.879 bits per heavy atom. The molecule has 0 aliphatic rings. The zero-order valence-electron chi connectivity index (χ0n) is 19.1. The summed E-state index contributed by atoms with van der Waals surface area (Å²) < 4.78 is 16.5. The Hall–Kier alpha value is -4.06. The van der Waals surface area contributed by atoms with Gasteiger partial charge in [-0.1, -0.05) is 30.3 Å². The summed E-state index contributed by atoms with van der Waals surface area (Å²) in [5.74, 6) is 1.65. The zero-order chi connectivity index (χ0) is 23.4.